The van der Waals surface area contributed by atoms with Gasteiger partial charge < -0.3 is 10.4 Å². The lowest BCUT2D eigenvalue weighted by Crippen LogP contribution is -2.40. The minimum Gasteiger partial charge on any atom is -0.481 e. The maximum Gasteiger partial charge on any atom is 0.303 e. The summed E-state index contributed by atoms with van der Waals surface area (Å²) in [5.41, 5.74) is -0.213. The third kappa shape index (κ3) is 5.62. The fourth-order valence-corrected chi connectivity index (χ4v) is 2.86. The molecule has 1 aliphatic carbocycles. The molecule has 1 aliphatic rings. The first-order chi connectivity index (χ1) is 8.97. The SMILES string of the molecule is CCC(C)CC(=O)NCC1(CC(=O)O)CCCCC1. The molecule has 1 saturated carbocycles. The molecule has 1 rings (SSSR count). The van der Waals surface area contributed by atoms with Crippen LogP contribution in [0.5, 0.6) is 0 Å². The fraction of sp³-hybridized carbons (Fsp3) is 0.867. The molecule has 0 saturated heterocycles. The van der Waals surface area contributed by atoms with Crippen LogP contribution in [-0.4, -0.2) is 23.5 Å². The van der Waals surface area contributed by atoms with Crippen LogP contribution < -0.4 is 5.32 Å². The molecular formula is C15H27NO3. The van der Waals surface area contributed by atoms with Gasteiger partial charge in [0.05, 0.1) is 6.42 Å². The summed E-state index contributed by atoms with van der Waals surface area (Å²) in [5, 5.41) is 12.0. The highest BCUT2D eigenvalue weighted by molar-refractivity contribution is 5.76. The Hall–Kier alpha value is -1.06. The Morgan fingerprint density at radius 2 is 1.89 bits per heavy atom. The summed E-state index contributed by atoms with van der Waals surface area (Å²) in [5.74, 6) is -0.301. The average Bonchev–Trinajstić information content (AvgIpc) is 2.36. The summed E-state index contributed by atoms with van der Waals surface area (Å²) in [6, 6.07) is 0. The first-order valence-electron chi connectivity index (χ1n) is 7.46. The van der Waals surface area contributed by atoms with E-state index in [2.05, 4.69) is 19.2 Å². The molecule has 0 aromatic rings. The molecule has 0 bridgehead atoms. The van der Waals surface area contributed by atoms with Crippen molar-refractivity contribution in [3.63, 3.8) is 0 Å². The van der Waals surface area contributed by atoms with Crippen molar-refractivity contribution in [1.29, 1.82) is 0 Å². The number of carboxylic acids is 1. The van der Waals surface area contributed by atoms with E-state index in [9.17, 15) is 9.59 Å². The normalized spacial score (nSPS) is 19.7. The average molecular weight is 269 g/mol. The van der Waals surface area contributed by atoms with Crippen molar-refractivity contribution in [3.8, 4) is 0 Å². The number of nitrogens with one attached hydrogen (secondary N) is 1. The second kappa shape index (κ2) is 7.51. The van der Waals surface area contributed by atoms with E-state index in [4.69, 9.17) is 5.11 Å². The van der Waals surface area contributed by atoms with E-state index in [0.29, 0.717) is 18.9 Å². The molecule has 110 valence electrons. The van der Waals surface area contributed by atoms with E-state index < -0.39 is 5.97 Å². The summed E-state index contributed by atoms with van der Waals surface area (Å²) < 4.78 is 0. The smallest absolute Gasteiger partial charge is 0.303 e. The Balaban J connectivity index is 2.48. The largest absolute Gasteiger partial charge is 0.481 e. The number of hydrogen-bond donors (Lipinski definition) is 2. The molecular weight excluding hydrogens is 242 g/mol. The lowest BCUT2D eigenvalue weighted by atomic mass is 9.71. The van der Waals surface area contributed by atoms with Crippen molar-refractivity contribution < 1.29 is 14.7 Å². The van der Waals surface area contributed by atoms with Crippen LogP contribution in [0.25, 0.3) is 0 Å². The number of hydrogen-bond acceptors (Lipinski definition) is 2. The van der Waals surface area contributed by atoms with Gasteiger partial charge in [0.15, 0.2) is 0 Å². The fourth-order valence-electron chi connectivity index (χ4n) is 2.86. The topological polar surface area (TPSA) is 66.4 Å². The Labute approximate surface area is 116 Å². The number of aliphatic carboxylic acids is 1. The van der Waals surface area contributed by atoms with Crippen LogP contribution in [-0.2, 0) is 9.59 Å². The molecule has 1 atom stereocenters. The van der Waals surface area contributed by atoms with Gasteiger partial charge in [-0.1, -0.05) is 39.5 Å². The highest BCUT2D eigenvalue weighted by Crippen LogP contribution is 2.38. The van der Waals surface area contributed by atoms with E-state index >= 15 is 0 Å². The Bertz CT molecular complexity index is 309. The van der Waals surface area contributed by atoms with E-state index in [1.165, 1.54) is 6.42 Å². The highest BCUT2D eigenvalue weighted by atomic mass is 16.4. The minimum absolute atomic E-state index is 0.0599. The van der Waals surface area contributed by atoms with Crippen LogP contribution in [0.2, 0.25) is 0 Å². The molecule has 0 heterocycles. The van der Waals surface area contributed by atoms with E-state index in [0.717, 1.165) is 32.1 Å². The number of carbonyl (C=O) groups excluding carboxylic acids is 1. The van der Waals surface area contributed by atoms with Crippen LogP contribution in [0.15, 0.2) is 0 Å². The summed E-state index contributed by atoms with van der Waals surface area (Å²) in [6.07, 6.45) is 6.89. The van der Waals surface area contributed by atoms with Gasteiger partial charge in [-0.15, -0.1) is 0 Å². The van der Waals surface area contributed by atoms with Gasteiger partial charge in [-0.25, -0.2) is 0 Å². The van der Waals surface area contributed by atoms with Crippen molar-refractivity contribution in [1.82, 2.24) is 5.32 Å². The van der Waals surface area contributed by atoms with Crippen molar-refractivity contribution in [3.05, 3.63) is 0 Å². The predicted molar refractivity (Wildman–Crippen MR) is 74.9 cm³/mol. The Kier molecular flexibility index (Phi) is 6.32. The van der Waals surface area contributed by atoms with E-state index in [1.807, 2.05) is 0 Å². The zero-order chi connectivity index (χ0) is 14.3. The number of amides is 1. The summed E-state index contributed by atoms with van der Waals surface area (Å²) in [6.45, 7) is 4.66. The number of carboxylic acid groups (broad SMARTS) is 1. The standard InChI is InChI=1S/C15H27NO3/c1-3-12(2)9-13(17)16-11-15(10-14(18)19)7-5-4-6-8-15/h12H,3-11H2,1-2H3,(H,16,17)(H,18,19). The zero-order valence-electron chi connectivity index (χ0n) is 12.2. The second-order valence-electron chi connectivity index (χ2n) is 6.13. The quantitative estimate of drug-likeness (QED) is 0.746. The first kappa shape index (κ1) is 16.0. The Morgan fingerprint density at radius 3 is 2.42 bits per heavy atom. The molecule has 4 heteroatoms. The van der Waals surface area contributed by atoms with Crippen molar-refractivity contribution in [2.24, 2.45) is 11.3 Å². The van der Waals surface area contributed by atoms with Crippen LogP contribution in [0.4, 0.5) is 0 Å². The molecule has 19 heavy (non-hydrogen) atoms. The van der Waals surface area contributed by atoms with E-state index in [1.54, 1.807) is 0 Å². The molecule has 1 fully saturated rings. The van der Waals surface area contributed by atoms with Gasteiger partial charge in [0.1, 0.15) is 0 Å². The van der Waals surface area contributed by atoms with Crippen LogP contribution in [0.3, 0.4) is 0 Å². The zero-order valence-corrected chi connectivity index (χ0v) is 12.2. The van der Waals surface area contributed by atoms with Gasteiger partial charge in [-0.2, -0.15) is 0 Å². The van der Waals surface area contributed by atoms with E-state index in [-0.39, 0.29) is 17.7 Å². The monoisotopic (exact) mass is 269 g/mol. The second-order valence-corrected chi connectivity index (χ2v) is 6.13. The van der Waals surface area contributed by atoms with Crippen molar-refractivity contribution in [2.75, 3.05) is 6.54 Å². The molecule has 4 nitrogen and oxygen atoms in total. The first-order valence-corrected chi connectivity index (χ1v) is 7.46. The van der Waals surface area contributed by atoms with Crippen molar-refractivity contribution in [2.45, 2.75) is 65.2 Å². The number of carbonyl (C=O) groups is 2. The van der Waals surface area contributed by atoms with Crippen LogP contribution in [0, 0.1) is 11.3 Å². The highest BCUT2D eigenvalue weighted by Gasteiger charge is 2.34. The van der Waals surface area contributed by atoms with Crippen LogP contribution in [0.1, 0.15) is 65.2 Å². The van der Waals surface area contributed by atoms with Gasteiger partial charge >= 0.3 is 5.97 Å². The minimum atomic E-state index is -0.752. The lowest BCUT2D eigenvalue weighted by molar-refractivity contribution is -0.140. The predicted octanol–water partition coefficient (Wildman–Crippen LogP) is 2.96. The number of rotatable bonds is 7. The summed E-state index contributed by atoms with van der Waals surface area (Å²) in [7, 11) is 0. The maximum absolute atomic E-state index is 11.8. The van der Waals surface area contributed by atoms with Crippen LogP contribution >= 0.6 is 0 Å². The van der Waals surface area contributed by atoms with Gasteiger partial charge in [-0.05, 0) is 24.2 Å². The summed E-state index contributed by atoms with van der Waals surface area (Å²) >= 11 is 0. The molecule has 0 aromatic carbocycles. The summed E-state index contributed by atoms with van der Waals surface area (Å²) in [4.78, 5) is 22.9. The molecule has 2 N–H and O–H groups in total. The third-order valence-corrected chi connectivity index (χ3v) is 4.33. The van der Waals surface area contributed by atoms with Gasteiger partial charge in [0.25, 0.3) is 0 Å². The molecule has 1 unspecified atom stereocenters. The van der Waals surface area contributed by atoms with Gasteiger partial charge in [-0.3, -0.25) is 9.59 Å². The Morgan fingerprint density at radius 1 is 1.26 bits per heavy atom. The molecule has 0 aromatic heterocycles. The third-order valence-electron chi connectivity index (χ3n) is 4.33. The van der Waals surface area contributed by atoms with Crippen molar-refractivity contribution >= 4 is 11.9 Å². The van der Waals surface area contributed by atoms with Gasteiger partial charge in [0.2, 0.25) is 5.91 Å². The molecule has 0 aliphatic heterocycles. The van der Waals surface area contributed by atoms with Gasteiger partial charge in [0, 0.05) is 13.0 Å². The molecule has 0 radical (unpaired) electrons. The lowest BCUT2D eigenvalue weighted by Gasteiger charge is -2.36. The molecule has 1 amide bonds. The maximum atomic E-state index is 11.8. The molecule has 0 spiro atoms.